The highest BCUT2D eigenvalue weighted by molar-refractivity contribution is 8.02. The van der Waals surface area contributed by atoms with Gasteiger partial charge in [0.1, 0.15) is 6.04 Å². The van der Waals surface area contributed by atoms with Crippen LogP contribution in [0.5, 0.6) is 0 Å². The number of rotatable bonds is 15. The highest BCUT2D eigenvalue weighted by Gasteiger charge is 2.74. The van der Waals surface area contributed by atoms with Crippen molar-refractivity contribution in [2.45, 2.75) is 88.3 Å². The van der Waals surface area contributed by atoms with E-state index in [1.165, 1.54) is 0 Å². The molecular formula is C29H47N3O4S. The molecule has 37 heavy (non-hydrogen) atoms. The first-order valence-corrected chi connectivity index (χ1v) is 15.1. The minimum absolute atomic E-state index is 0.00485. The van der Waals surface area contributed by atoms with Crippen LogP contribution in [0.2, 0.25) is 0 Å². The van der Waals surface area contributed by atoms with Crippen LogP contribution in [0.25, 0.3) is 0 Å². The van der Waals surface area contributed by atoms with Crippen LogP contribution in [0.4, 0.5) is 0 Å². The van der Waals surface area contributed by atoms with Crippen molar-refractivity contribution in [3.63, 3.8) is 0 Å². The summed E-state index contributed by atoms with van der Waals surface area (Å²) in [5.41, 5.74) is 0. The predicted octanol–water partition coefficient (Wildman–Crippen LogP) is 3.72. The van der Waals surface area contributed by atoms with E-state index in [0.717, 1.165) is 38.5 Å². The van der Waals surface area contributed by atoms with E-state index >= 15 is 0 Å². The van der Waals surface area contributed by atoms with Gasteiger partial charge in [0, 0.05) is 31.4 Å². The van der Waals surface area contributed by atoms with Gasteiger partial charge in [-0.25, -0.2) is 0 Å². The summed E-state index contributed by atoms with van der Waals surface area (Å²) < 4.78 is -0.641. The van der Waals surface area contributed by atoms with Gasteiger partial charge >= 0.3 is 0 Å². The van der Waals surface area contributed by atoms with Crippen molar-refractivity contribution in [3.8, 4) is 0 Å². The van der Waals surface area contributed by atoms with Gasteiger partial charge in [-0.05, 0) is 31.6 Å². The Bertz CT molecular complexity index is 866. The van der Waals surface area contributed by atoms with E-state index in [1.54, 1.807) is 28.8 Å². The highest BCUT2D eigenvalue weighted by Crippen LogP contribution is 2.67. The maximum atomic E-state index is 14.4. The van der Waals surface area contributed by atoms with Gasteiger partial charge in [0.15, 0.2) is 0 Å². The van der Waals surface area contributed by atoms with Crippen molar-refractivity contribution in [1.82, 2.24) is 14.7 Å². The molecule has 0 aromatic rings. The van der Waals surface area contributed by atoms with E-state index < -0.39 is 28.7 Å². The third-order valence-corrected chi connectivity index (χ3v) is 10.7. The molecule has 0 aromatic heterocycles. The molecule has 3 aliphatic rings. The smallest absolute Gasteiger partial charge is 0.247 e. The number of hydrogen-bond acceptors (Lipinski definition) is 5. The van der Waals surface area contributed by atoms with Gasteiger partial charge in [-0.2, -0.15) is 0 Å². The van der Waals surface area contributed by atoms with Crippen LogP contribution in [0.3, 0.4) is 0 Å². The van der Waals surface area contributed by atoms with Gasteiger partial charge in [0.25, 0.3) is 0 Å². The average Bonchev–Trinajstić information content (AvgIpc) is 3.53. The Morgan fingerprint density at radius 3 is 2.32 bits per heavy atom. The van der Waals surface area contributed by atoms with Gasteiger partial charge in [-0.1, -0.05) is 52.7 Å². The molecule has 208 valence electrons. The molecule has 0 aliphatic carbocycles. The summed E-state index contributed by atoms with van der Waals surface area (Å²) in [6, 6.07) is -1.14. The van der Waals surface area contributed by atoms with Crippen LogP contribution in [-0.2, 0) is 14.4 Å². The highest BCUT2D eigenvalue weighted by atomic mass is 32.2. The van der Waals surface area contributed by atoms with E-state index in [0.29, 0.717) is 26.2 Å². The molecule has 1 N–H and O–H groups in total. The first-order valence-electron chi connectivity index (χ1n) is 14.2. The third-order valence-electron chi connectivity index (χ3n) is 8.70. The fourth-order valence-electron chi connectivity index (χ4n) is 6.72. The van der Waals surface area contributed by atoms with Crippen LogP contribution in [0, 0.1) is 17.8 Å². The van der Waals surface area contributed by atoms with Crippen LogP contribution < -0.4 is 0 Å². The quantitative estimate of drug-likeness (QED) is 0.325. The van der Waals surface area contributed by atoms with Crippen molar-refractivity contribution < 1.29 is 19.5 Å². The van der Waals surface area contributed by atoms with Crippen LogP contribution in [-0.4, -0.2) is 92.4 Å². The maximum absolute atomic E-state index is 14.4. The number of aliphatic hydroxyl groups excluding tert-OH is 1. The normalized spacial score (nSPS) is 29.6. The Morgan fingerprint density at radius 1 is 1.14 bits per heavy atom. The molecule has 8 heteroatoms. The molecule has 0 radical (unpaired) electrons. The summed E-state index contributed by atoms with van der Waals surface area (Å²) in [6.07, 6.45) is 8.47. The third kappa shape index (κ3) is 5.25. The lowest BCUT2D eigenvalue weighted by molar-refractivity contribution is -0.148. The van der Waals surface area contributed by atoms with E-state index in [2.05, 4.69) is 20.1 Å². The minimum Gasteiger partial charge on any atom is -0.394 e. The zero-order valence-corrected chi connectivity index (χ0v) is 24.0. The number of carbonyl (C=O) groups excluding carboxylic acids is 3. The van der Waals surface area contributed by atoms with Gasteiger partial charge in [-0.15, -0.1) is 24.9 Å². The number of likely N-dealkylation sites (tertiary alicyclic amines) is 1. The van der Waals surface area contributed by atoms with E-state index in [-0.39, 0.29) is 35.5 Å². The Kier molecular flexibility index (Phi) is 10.3. The number of thioether (sulfide) groups is 1. The molecule has 7 atom stereocenters. The Balaban J connectivity index is 2.10. The number of amides is 3. The SMILES string of the molecule is C=CCN(CCCC)C(=O)C1N([C@@H](CO)[C@@H](C)CC)C(=O)[C@@H]2[C@@H](C(=O)N(CC=C)CCC)[C@H]3CCC12S3. The van der Waals surface area contributed by atoms with Crippen molar-refractivity contribution in [1.29, 1.82) is 0 Å². The number of hydrogen-bond donors (Lipinski definition) is 1. The fourth-order valence-corrected chi connectivity index (χ4v) is 8.91. The molecule has 3 saturated heterocycles. The van der Waals surface area contributed by atoms with Crippen LogP contribution >= 0.6 is 11.8 Å². The standard InChI is InChI=1S/C29H47N3O4S/c1-7-12-18-31(17-10-4)28(36)25-29-14-13-22(37-29)23(26(34)30(15-8-2)16-9-3)24(29)27(35)32(25)21(19-33)20(6)11-5/h8,10,20-25,33H,2,4,7,9,11-19H2,1,3,5-6H3/t20-,21-,22+,23-,24-,25?,29?/m0/s1. The lowest BCUT2D eigenvalue weighted by Crippen LogP contribution is -2.58. The predicted molar refractivity (Wildman–Crippen MR) is 150 cm³/mol. The van der Waals surface area contributed by atoms with Gasteiger partial charge in [0.05, 0.1) is 29.2 Å². The molecule has 3 amide bonds. The van der Waals surface area contributed by atoms with Gasteiger partial charge in [0.2, 0.25) is 17.7 Å². The van der Waals surface area contributed by atoms with Crippen LogP contribution in [0.15, 0.2) is 25.3 Å². The first-order chi connectivity index (χ1) is 17.8. The van der Waals surface area contributed by atoms with Crippen molar-refractivity contribution in [2.24, 2.45) is 17.8 Å². The average molecular weight is 534 g/mol. The summed E-state index contributed by atoms with van der Waals surface area (Å²) in [4.78, 5) is 48.0. The molecular weight excluding hydrogens is 486 g/mol. The zero-order valence-electron chi connectivity index (χ0n) is 23.2. The van der Waals surface area contributed by atoms with Crippen molar-refractivity contribution >= 4 is 29.5 Å². The summed E-state index contributed by atoms with van der Waals surface area (Å²) in [5.74, 6) is -1.16. The zero-order chi connectivity index (χ0) is 27.3. The fraction of sp³-hybridized carbons (Fsp3) is 0.759. The topological polar surface area (TPSA) is 81.2 Å². The van der Waals surface area contributed by atoms with E-state index in [4.69, 9.17) is 0 Å². The molecule has 0 aromatic carbocycles. The number of aliphatic hydroxyl groups is 1. The van der Waals surface area contributed by atoms with Crippen LogP contribution in [0.1, 0.15) is 66.2 Å². The summed E-state index contributed by atoms with van der Waals surface area (Å²) >= 11 is 1.70. The van der Waals surface area contributed by atoms with E-state index in [9.17, 15) is 19.5 Å². The maximum Gasteiger partial charge on any atom is 0.247 e. The molecule has 0 saturated carbocycles. The Morgan fingerprint density at radius 2 is 1.78 bits per heavy atom. The second-order valence-corrected chi connectivity index (χ2v) is 12.5. The lowest BCUT2D eigenvalue weighted by atomic mass is 9.70. The molecule has 2 bridgehead atoms. The van der Waals surface area contributed by atoms with E-state index in [1.807, 2.05) is 30.6 Å². The first kappa shape index (κ1) is 29.8. The summed E-state index contributed by atoms with van der Waals surface area (Å²) in [6.45, 7) is 17.8. The monoisotopic (exact) mass is 533 g/mol. The van der Waals surface area contributed by atoms with Gasteiger partial charge < -0.3 is 19.8 Å². The number of carbonyl (C=O) groups is 3. The second kappa shape index (κ2) is 12.8. The molecule has 7 nitrogen and oxygen atoms in total. The Hall–Kier alpha value is -1.80. The molecule has 2 unspecified atom stereocenters. The molecule has 1 spiro atoms. The Labute approximate surface area is 227 Å². The molecule has 3 heterocycles. The van der Waals surface area contributed by atoms with Crippen molar-refractivity contribution in [3.05, 3.63) is 25.3 Å². The minimum atomic E-state index is -0.681. The largest absolute Gasteiger partial charge is 0.394 e. The summed E-state index contributed by atoms with van der Waals surface area (Å²) in [7, 11) is 0. The molecule has 3 rings (SSSR count). The number of unbranched alkanes of at least 4 members (excludes halogenated alkanes) is 1. The number of nitrogens with zero attached hydrogens (tertiary/aromatic N) is 3. The lowest BCUT2D eigenvalue weighted by Gasteiger charge is -2.41. The van der Waals surface area contributed by atoms with Crippen molar-refractivity contribution in [2.75, 3.05) is 32.8 Å². The molecule has 3 fully saturated rings. The number of fused-ring (bicyclic) bond motifs is 1. The van der Waals surface area contributed by atoms with Gasteiger partial charge in [-0.3, -0.25) is 14.4 Å². The summed E-state index contributed by atoms with van der Waals surface area (Å²) in [5, 5.41) is 10.5. The second-order valence-electron chi connectivity index (χ2n) is 10.9. The molecule has 3 aliphatic heterocycles.